The van der Waals surface area contributed by atoms with Crippen LogP contribution in [0.3, 0.4) is 0 Å². The third-order valence-electron chi connectivity index (χ3n) is 4.02. The van der Waals surface area contributed by atoms with Crippen LogP contribution in [0.1, 0.15) is 13.3 Å². The molecule has 5 nitrogen and oxygen atoms in total. The van der Waals surface area contributed by atoms with Gasteiger partial charge in [-0.3, -0.25) is 9.52 Å². The number of hydrogen-bond acceptors (Lipinski definition) is 5. The van der Waals surface area contributed by atoms with Crippen molar-refractivity contribution in [3.8, 4) is 0 Å². The van der Waals surface area contributed by atoms with Crippen molar-refractivity contribution in [1.82, 2.24) is 0 Å². The lowest BCUT2D eigenvalue weighted by Gasteiger charge is -2.21. The zero-order valence-electron chi connectivity index (χ0n) is 14.6. The Morgan fingerprint density at radius 1 is 1.23 bits per heavy atom. The Labute approximate surface area is 162 Å². The number of nitrogens with one attached hydrogen (secondary N) is 1. The summed E-state index contributed by atoms with van der Waals surface area (Å²) in [4.78, 5) is 15.7. The zero-order valence-corrected chi connectivity index (χ0v) is 17.0. The smallest absolute Gasteiger partial charge is 0.261 e. The third-order valence-corrected chi connectivity index (χ3v) is 7.27. The van der Waals surface area contributed by atoms with Crippen LogP contribution in [-0.4, -0.2) is 32.9 Å². The molecule has 0 atom stereocenters. The van der Waals surface area contributed by atoms with Gasteiger partial charge in [-0.1, -0.05) is 6.07 Å². The molecule has 0 saturated carbocycles. The topological polar surface area (TPSA) is 66.5 Å². The van der Waals surface area contributed by atoms with Crippen molar-refractivity contribution in [1.29, 1.82) is 0 Å². The molecule has 0 radical (unpaired) electrons. The molecule has 1 heterocycles. The Morgan fingerprint density at radius 2 is 2.04 bits per heavy atom. The molecule has 2 aromatic carbocycles. The molecule has 0 spiro atoms. The summed E-state index contributed by atoms with van der Waals surface area (Å²) in [6, 6.07) is 12.2. The van der Waals surface area contributed by atoms with Crippen LogP contribution in [0, 0.1) is 0 Å². The molecule has 3 rings (SSSR count). The standard InChI is InChI=1S/C18H20N2O3S3/c1-13(21)20-9-4-10-25-18-8-7-16(12-17(18)20)26(22,23)19-14-5-3-6-15(11-14)24-2/h3,5-8,11-12,19H,4,9-10H2,1-2H3. The number of benzene rings is 2. The molecule has 0 fully saturated rings. The lowest BCUT2D eigenvalue weighted by molar-refractivity contribution is -0.116. The Morgan fingerprint density at radius 3 is 2.77 bits per heavy atom. The van der Waals surface area contributed by atoms with Gasteiger partial charge < -0.3 is 4.90 Å². The van der Waals surface area contributed by atoms with Crippen LogP contribution in [0.5, 0.6) is 0 Å². The van der Waals surface area contributed by atoms with E-state index in [1.807, 2.05) is 18.4 Å². The number of thioether (sulfide) groups is 2. The van der Waals surface area contributed by atoms with Crippen molar-refractivity contribution in [3.05, 3.63) is 42.5 Å². The number of carbonyl (C=O) groups excluding carboxylic acids is 1. The summed E-state index contributed by atoms with van der Waals surface area (Å²) in [5, 5.41) is 0. The number of carbonyl (C=O) groups is 1. The summed E-state index contributed by atoms with van der Waals surface area (Å²) in [6.45, 7) is 2.11. The SMILES string of the molecule is CSc1cccc(NS(=O)(=O)c2ccc3c(c2)N(C(C)=O)CCCS3)c1. The van der Waals surface area contributed by atoms with Gasteiger partial charge in [-0.15, -0.1) is 23.5 Å². The molecule has 0 saturated heterocycles. The van der Waals surface area contributed by atoms with E-state index in [1.54, 1.807) is 58.8 Å². The molecule has 1 aliphatic rings. The highest BCUT2D eigenvalue weighted by atomic mass is 32.2. The maximum atomic E-state index is 12.8. The summed E-state index contributed by atoms with van der Waals surface area (Å²) in [7, 11) is -3.74. The molecular weight excluding hydrogens is 388 g/mol. The first-order valence-electron chi connectivity index (χ1n) is 8.12. The highest BCUT2D eigenvalue weighted by Crippen LogP contribution is 2.36. The van der Waals surface area contributed by atoms with Crippen LogP contribution in [0.25, 0.3) is 0 Å². The quantitative estimate of drug-likeness (QED) is 0.773. The van der Waals surface area contributed by atoms with Gasteiger partial charge >= 0.3 is 0 Å². The van der Waals surface area contributed by atoms with Gasteiger partial charge in [0.15, 0.2) is 0 Å². The van der Waals surface area contributed by atoms with Gasteiger partial charge in [-0.25, -0.2) is 8.42 Å². The first kappa shape index (κ1) is 19.1. The Balaban J connectivity index is 1.96. The van der Waals surface area contributed by atoms with Crippen molar-refractivity contribution >= 4 is 50.8 Å². The predicted molar refractivity (Wildman–Crippen MR) is 109 cm³/mol. The average molecular weight is 409 g/mol. The fourth-order valence-corrected chi connectivity index (χ4v) is 5.25. The normalized spacial score (nSPS) is 14.5. The fraction of sp³-hybridized carbons (Fsp3) is 0.278. The van der Waals surface area contributed by atoms with Gasteiger partial charge in [0.2, 0.25) is 5.91 Å². The van der Waals surface area contributed by atoms with E-state index in [2.05, 4.69) is 4.72 Å². The molecular formula is C18H20N2O3S3. The lowest BCUT2D eigenvalue weighted by atomic mass is 10.2. The molecule has 1 N–H and O–H groups in total. The molecule has 0 bridgehead atoms. The van der Waals surface area contributed by atoms with E-state index in [4.69, 9.17) is 0 Å². The number of amides is 1. The van der Waals surface area contributed by atoms with Gasteiger partial charge in [0.25, 0.3) is 10.0 Å². The van der Waals surface area contributed by atoms with Crippen LogP contribution in [0.4, 0.5) is 11.4 Å². The molecule has 138 valence electrons. The van der Waals surface area contributed by atoms with Crippen LogP contribution >= 0.6 is 23.5 Å². The van der Waals surface area contributed by atoms with Crippen molar-refractivity contribution in [2.45, 2.75) is 28.0 Å². The van der Waals surface area contributed by atoms with Crippen LogP contribution in [0.2, 0.25) is 0 Å². The minimum Gasteiger partial charge on any atom is -0.311 e. The lowest BCUT2D eigenvalue weighted by Crippen LogP contribution is -2.29. The minimum absolute atomic E-state index is 0.0797. The Bertz CT molecular complexity index is 929. The molecule has 0 aromatic heterocycles. The van der Waals surface area contributed by atoms with Gasteiger partial charge in [0, 0.05) is 28.9 Å². The zero-order chi connectivity index (χ0) is 18.7. The molecule has 2 aromatic rings. The number of fused-ring (bicyclic) bond motifs is 1. The largest absolute Gasteiger partial charge is 0.311 e. The number of rotatable bonds is 4. The second kappa shape index (κ2) is 7.94. The highest BCUT2D eigenvalue weighted by molar-refractivity contribution is 7.99. The van der Waals surface area contributed by atoms with E-state index in [0.717, 1.165) is 22.0 Å². The highest BCUT2D eigenvalue weighted by Gasteiger charge is 2.23. The number of hydrogen-bond donors (Lipinski definition) is 1. The van der Waals surface area contributed by atoms with Crippen LogP contribution in [0.15, 0.2) is 57.2 Å². The monoisotopic (exact) mass is 408 g/mol. The second-order valence-corrected chi connectivity index (χ2v) is 9.54. The van der Waals surface area contributed by atoms with E-state index in [9.17, 15) is 13.2 Å². The maximum absolute atomic E-state index is 12.8. The molecule has 1 aliphatic heterocycles. The first-order chi connectivity index (χ1) is 12.4. The van der Waals surface area contributed by atoms with Crippen molar-refractivity contribution in [2.75, 3.05) is 28.2 Å². The molecule has 0 aliphatic carbocycles. The van der Waals surface area contributed by atoms with E-state index in [0.29, 0.717) is 17.9 Å². The van der Waals surface area contributed by atoms with Gasteiger partial charge in [-0.05, 0) is 54.8 Å². The maximum Gasteiger partial charge on any atom is 0.261 e. The minimum atomic E-state index is -3.74. The van der Waals surface area contributed by atoms with Crippen LogP contribution in [-0.2, 0) is 14.8 Å². The number of nitrogens with zero attached hydrogens (tertiary/aromatic N) is 1. The van der Waals surface area contributed by atoms with E-state index in [1.165, 1.54) is 6.92 Å². The van der Waals surface area contributed by atoms with Crippen molar-refractivity contribution in [3.63, 3.8) is 0 Å². The summed E-state index contributed by atoms with van der Waals surface area (Å²) in [5.41, 5.74) is 1.19. The van der Waals surface area contributed by atoms with Crippen molar-refractivity contribution in [2.24, 2.45) is 0 Å². The third kappa shape index (κ3) is 4.19. The molecule has 0 unspecified atom stereocenters. The summed E-state index contributed by atoms with van der Waals surface area (Å²) in [5.74, 6) is 0.826. The van der Waals surface area contributed by atoms with Crippen LogP contribution < -0.4 is 9.62 Å². The van der Waals surface area contributed by atoms with E-state index in [-0.39, 0.29) is 10.8 Å². The van der Waals surface area contributed by atoms with Crippen molar-refractivity contribution < 1.29 is 13.2 Å². The molecule has 26 heavy (non-hydrogen) atoms. The predicted octanol–water partition coefficient (Wildman–Crippen LogP) is 4.06. The van der Waals surface area contributed by atoms with Gasteiger partial charge in [0.1, 0.15) is 0 Å². The van der Waals surface area contributed by atoms with E-state index >= 15 is 0 Å². The number of sulfonamides is 1. The Hall–Kier alpha value is -1.64. The van der Waals surface area contributed by atoms with Gasteiger partial charge in [0.05, 0.1) is 10.6 Å². The van der Waals surface area contributed by atoms with Gasteiger partial charge in [-0.2, -0.15) is 0 Å². The summed E-state index contributed by atoms with van der Waals surface area (Å²) in [6.07, 6.45) is 2.81. The Kier molecular flexibility index (Phi) is 5.84. The average Bonchev–Trinajstić information content (AvgIpc) is 2.83. The summed E-state index contributed by atoms with van der Waals surface area (Å²) >= 11 is 3.19. The number of anilines is 2. The van der Waals surface area contributed by atoms with E-state index < -0.39 is 10.0 Å². The second-order valence-electron chi connectivity index (χ2n) is 5.84. The molecule has 8 heteroatoms. The summed E-state index contributed by atoms with van der Waals surface area (Å²) < 4.78 is 28.3. The molecule has 1 amide bonds. The fourth-order valence-electron chi connectivity index (χ4n) is 2.75. The first-order valence-corrected chi connectivity index (χ1v) is 11.8.